The molecular weight excluding hydrogens is 420 g/mol. The van der Waals surface area contributed by atoms with Crippen LogP contribution in [0.5, 0.6) is 0 Å². The summed E-state index contributed by atoms with van der Waals surface area (Å²) in [5, 5.41) is 4.23. The molecule has 1 unspecified atom stereocenters. The predicted octanol–water partition coefficient (Wildman–Crippen LogP) is 4.21. The molecule has 1 aromatic carbocycles. The summed E-state index contributed by atoms with van der Waals surface area (Å²) in [6.07, 6.45) is -1.69. The molecule has 1 fully saturated rings. The molecule has 2 heterocycles. The van der Waals surface area contributed by atoms with Crippen molar-refractivity contribution in [2.24, 2.45) is 5.92 Å². The highest BCUT2D eigenvalue weighted by molar-refractivity contribution is 6.42. The van der Waals surface area contributed by atoms with Crippen molar-refractivity contribution in [1.29, 1.82) is 0 Å². The zero-order valence-corrected chi connectivity index (χ0v) is 15.9. The standard InChI is InChI=1S/C17H15Cl2F3N4O2/c18-9-6-11-12(7-10(9)19)26-15(23-11)24-14(28)16(26,17(20,21)22)25-13(27)8-4-2-1-3-5-8/h6-8H,1-5H2,(H,25,27)(H,23,24,28). The summed E-state index contributed by atoms with van der Waals surface area (Å²) >= 11 is 11.9. The minimum atomic E-state index is -5.12. The van der Waals surface area contributed by atoms with Gasteiger partial charge in [0.05, 0.1) is 21.1 Å². The molecule has 2 aromatic rings. The van der Waals surface area contributed by atoms with Gasteiger partial charge in [0.2, 0.25) is 11.9 Å². The largest absolute Gasteiger partial charge is 0.440 e. The van der Waals surface area contributed by atoms with Crippen LogP contribution in [0.3, 0.4) is 0 Å². The average Bonchev–Trinajstić information content (AvgIpc) is 3.10. The van der Waals surface area contributed by atoms with Gasteiger partial charge in [0.1, 0.15) is 0 Å². The van der Waals surface area contributed by atoms with E-state index in [1.165, 1.54) is 12.1 Å². The van der Waals surface area contributed by atoms with E-state index in [9.17, 15) is 22.8 Å². The first-order chi connectivity index (χ1) is 13.1. The van der Waals surface area contributed by atoms with Gasteiger partial charge < -0.3 is 5.32 Å². The molecule has 0 bridgehead atoms. The first kappa shape index (κ1) is 19.3. The molecule has 150 valence electrons. The van der Waals surface area contributed by atoms with E-state index < -0.39 is 29.6 Å². The summed E-state index contributed by atoms with van der Waals surface area (Å²) in [5.41, 5.74) is -3.25. The highest BCUT2D eigenvalue weighted by atomic mass is 35.5. The van der Waals surface area contributed by atoms with Crippen LogP contribution in [0.4, 0.5) is 19.1 Å². The highest BCUT2D eigenvalue weighted by Gasteiger charge is 2.68. The summed E-state index contributed by atoms with van der Waals surface area (Å²) in [6.45, 7) is 0. The van der Waals surface area contributed by atoms with E-state index in [0.29, 0.717) is 17.4 Å². The van der Waals surface area contributed by atoms with E-state index in [1.54, 1.807) is 0 Å². The zero-order valence-electron chi connectivity index (χ0n) is 14.4. The Morgan fingerprint density at radius 2 is 1.86 bits per heavy atom. The third-order valence-corrected chi connectivity index (χ3v) is 6.00. The van der Waals surface area contributed by atoms with E-state index in [1.807, 2.05) is 5.32 Å². The molecule has 1 aliphatic carbocycles. The van der Waals surface area contributed by atoms with Gasteiger partial charge in [-0.25, -0.2) is 4.98 Å². The van der Waals surface area contributed by atoms with Gasteiger partial charge in [0.25, 0.3) is 11.6 Å². The summed E-state index contributed by atoms with van der Waals surface area (Å²) < 4.78 is 43.5. The molecule has 0 saturated heterocycles. The molecule has 1 saturated carbocycles. The van der Waals surface area contributed by atoms with Crippen molar-refractivity contribution in [2.45, 2.75) is 43.9 Å². The van der Waals surface area contributed by atoms with Crippen molar-refractivity contribution in [2.75, 3.05) is 5.32 Å². The molecule has 1 aliphatic heterocycles. The molecule has 1 aromatic heterocycles. The van der Waals surface area contributed by atoms with Crippen LogP contribution in [0, 0.1) is 5.92 Å². The van der Waals surface area contributed by atoms with Crippen molar-refractivity contribution in [3.63, 3.8) is 0 Å². The van der Waals surface area contributed by atoms with Crippen molar-refractivity contribution >= 4 is 52.0 Å². The number of carbonyl (C=O) groups excluding carboxylic acids is 2. The van der Waals surface area contributed by atoms with Crippen LogP contribution in [0.15, 0.2) is 12.1 Å². The lowest BCUT2D eigenvalue weighted by molar-refractivity contribution is -0.218. The Balaban J connectivity index is 1.87. The molecule has 2 aliphatic rings. The van der Waals surface area contributed by atoms with E-state index in [-0.39, 0.29) is 27.0 Å². The van der Waals surface area contributed by atoms with Gasteiger partial charge in [-0.05, 0) is 25.0 Å². The number of aromatic nitrogens is 2. The second kappa shape index (κ2) is 6.52. The summed E-state index contributed by atoms with van der Waals surface area (Å²) in [7, 11) is 0. The smallest absolute Gasteiger partial charge is 0.317 e. The third-order valence-electron chi connectivity index (χ3n) is 5.28. The fourth-order valence-electron chi connectivity index (χ4n) is 3.87. The van der Waals surface area contributed by atoms with E-state index >= 15 is 0 Å². The number of imidazole rings is 1. The fraction of sp³-hybridized carbons (Fsp3) is 0.471. The lowest BCUT2D eigenvalue weighted by Gasteiger charge is -2.34. The number of nitrogens with zero attached hydrogens (tertiary/aromatic N) is 2. The number of benzene rings is 1. The SMILES string of the molecule is O=C(NC1(C(F)(F)F)C(=O)Nc2nc3cc(Cl)c(Cl)cc3n21)C1CCCCC1. The maximum Gasteiger partial charge on any atom is 0.440 e. The number of nitrogens with one attached hydrogen (secondary N) is 2. The van der Waals surface area contributed by atoms with Crippen molar-refractivity contribution in [3.8, 4) is 0 Å². The second-order valence-electron chi connectivity index (χ2n) is 7.01. The van der Waals surface area contributed by atoms with Crippen LogP contribution < -0.4 is 10.6 Å². The zero-order chi connectivity index (χ0) is 20.3. The third kappa shape index (κ3) is 2.75. The lowest BCUT2D eigenvalue weighted by Crippen LogP contribution is -2.64. The van der Waals surface area contributed by atoms with E-state index in [0.717, 1.165) is 19.3 Å². The van der Waals surface area contributed by atoms with Gasteiger partial charge in [-0.15, -0.1) is 0 Å². The monoisotopic (exact) mass is 434 g/mol. The van der Waals surface area contributed by atoms with Crippen molar-refractivity contribution in [3.05, 3.63) is 22.2 Å². The molecule has 28 heavy (non-hydrogen) atoms. The van der Waals surface area contributed by atoms with Crippen LogP contribution in [-0.2, 0) is 15.3 Å². The number of halogens is 5. The van der Waals surface area contributed by atoms with Gasteiger partial charge in [-0.1, -0.05) is 42.5 Å². The number of amides is 2. The molecule has 0 radical (unpaired) electrons. The number of fused-ring (bicyclic) bond motifs is 3. The van der Waals surface area contributed by atoms with E-state index in [4.69, 9.17) is 23.2 Å². The molecular formula is C17H15Cl2F3N4O2. The predicted molar refractivity (Wildman–Crippen MR) is 97.1 cm³/mol. The quantitative estimate of drug-likeness (QED) is 0.743. The van der Waals surface area contributed by atoms with Crippen LogP contribution in [-0.4, -0.2) is 27.5 Å². The molecule has 0 spiro atoms. The number of hydrogen-bond acceptors (Lipinski definition) is 3. The van der Waals surface area contributed by atoms with Gasteiger partial charge >= 0.3 is 6.18 Å². The Bertz CT molecular complexity index is 985. The Morgan fingerprint density at radius 3 is 2.50 bits per heavy atom. The number of anilines is 1. The van der Waals surface area contributed by atoms with Crippen LogP contribution in [0.25, 0.3) is 11.0 Å². The Morgan fingerprint density at radius 1 is 1.21 bits per heavy atom. The van der Waals surface area contributed by atoms with Crippen LogP contribution in [0.2, 0.25) is 10.0 Å². The van der Waals surface area contributed by atoms with Gasteiger partial charge in [0.15, 0.2) is 0 Å². The van der Waals surface area contributed by atoms with Gasteiger partial charge in [0, 0.05) is 5.92 Å². The topological polar surface area (TPSA) is 76.0 Å². The Kier molecular flexibility index (Phi) is 4.50. The lowest BCUT2D eigenvalue weighted by atomic mass is 9.88. The summed E-state index contributed by atoms with van der Waals surface area (Å²) in [6, 6.07) is 2.50. The summed E-state index contributed by atoms with van der Waals surface area (Å²) in [5.74, 6) is -3.13. The number of carbonyl (C=O) groups is 2. The molecule has 2 N–H and O–H groups in total. The number of alkyl halides is 3. The first-order valence-electron chi connectivity index (χ1n) is 8.73. The second-order valence-corrected chi connectivity index (χ2v) is 7.83. The minimum Gasteiger partial charge on any atom is -0.317 e. The maximum absolute atomic E-state index is 14.3. The minimum absolute atomic E-state index is 0.00546. The molecule has 1 atom stereocenters. The van der Waals surface area contributed by atoms with Gasteiger partial charge in [-0.2, -0.15) is 13.2 Å². The fourth-order valence-corrected chi connectivity index (χ4v) is 4.19. The molecule has 4 rings (SSSR count). The maximum atomic E-state index is 14.3. The molecule has 11 heteroatoms. The van der Waals surface area contributed by atoms with Crippen molar-refractivity contribution in [1.82, 2.24) is 14.9 Å². The van der Waals surface area contributed by atoms with E-state index in [2.05, 4.69) is 10.3 Å². The Labute approximate surface area is 167 Å². The number of rotatable bonds is 2. The molecule has 6 nitrogen and oxygen atoms in total. The summed E-state index contributed by atoms with van der Waals surface area (Å²) in [4.78, 5) is 29.2. The Hall–Kier alpha value is -2.00. The average molecular weight is 435 g/mol. The molecule has 2 amide bonds. The normalized spacial score (nSPS) is 23.0. The number of hydrogen-bond donors (Lipinski definition) is 2. The highest BCUT2D eigenvalue weighted by Crippen LogP contribution is 2.45. The van der Waals surface area contributed by atoms with Crippen molar-refractivity contribution < 1.29 is 22.8 Å². The van der Waals surface area contributed by atoms with Gasteiger partial charge in [-0.3, -0.25) is 19.5 Å². The van der Waals surface area contributed by atoms with Crippen LogP contribution >= 0.6 is 23.2 Å². The van der Waals surface area contributed by atoms with Crippen LogP contribution in [0.1, 0.15) is 32.1 Å². The first-order valence-corrected chi connectivity index (χ1v) is 9.49.